The number of aromatic amines is 1. The fourth-order valence-electron chi connectivity index (χ4n) is 3.31. The second-order valence-corrected chi connectivity index (χ2v) is 7.92. The Morgan fingerprint density at radius 2 is 2.00 bits per heavy atom. The van der Waals surface area contributed by atoms with Crippen molar-refractivity contribution in [3.05, 3.63) is 85.5 Å². The summed E-state index contributed by atoms with van der Waals surface area (Å²) >= 11 is 7.66. The van der Waals surface area contributed by atoms with E-state index in [2.05, 4.69) is 40.1 Å². The lowest BCUT2D eigenvalue weighted by Gasteiger charge is -2.16. The summed E-state index contributed by atoms with van der Waals surface area (Å²) in [6, 6.07) is 12.6. The Morgan fingerprint density at radius 1 is 1.18 bits per heavy atom. The van der Waals surface area contributed by atoms with E-state index in [0.29, 0.717) is 16.5 Å². The maximum absolute atomic E-state index is 13.6. The molecule has 3 nitrogen and oxygen atoms in total. The number of rotatable bonds is 4. The molecule has 0 radical (unpaired) electrons. The topological polar surface area (TPSA) is 44.9 Å². The average Bonchev–Trinajstić information content (AvgIpc) is 3.11. The monoisotopic (exact) mass is 412 g/mol. The number of aromatic nitrogens is 1. The molecule has 2 aromatic heterocycles. The first kappa shape index (κ1) is 18.7. The molecular weight excluding hydrogens is 395 g/mol. The molecule has 6 heteroatoms. The molecular formula is C22H18ClFN2OS. The van der Waals surface area contributed by atoms with Gasteiger partial charge in [0.05, 0.1) is 11.6 Å². The number of nitrogens with one attached hydrogen (secondary N) is 2. The number of benzene rings is 2. The predicted octanol–water partition coefficient (Wildman–Crippen LogP) is 6.53. The predicted molar refractivity (Wildman–Crippen MR) is 116 cm³/mol. The molecule has 2 heterocycles. The molecule has 0 aliphatic rings. The van der Waals surface area contributed by atoms with E-state index in [1.165, 1.54) is 17.2 Å². The van der Waals surface area contributed by atoms with Gasteiger partial charge in [0.2, 0.25) is 0 Å². The molecule has 2 aromatic carbocycles. The van der Waals surface area contributed by atoms with Crippen LogP contribution in [0.15, 0.2) is 58.0 Å². The summed E-state index contributed by atoms with van der Waals surface area (Å²) < 4.78 is 13.6. The van der Waals surface area contributed by atoms with Crippen LogP contribution in [0.5, 0.6) is 0 Å². The molecule has 0 unspecified atom stereocenters. The normalized spacial score (nSPS) is 12.3. The van der Waals surface area contributed by atoms with Gasteiger partial charge in [-0.3, -0.25) is 4.79 Å². The molecule has 4 rings (SSSR count). The second-order valence-electron chi connectivity index (χ2n) is 6.79. The van der Waals surface area contributed by atoms with Crippen LogP contribution in [0.4, 0.5) is 10.1 Å². The minimum Gasteiger partial charge on any atom is -0.378 e. The Labute approximate surface area is 170 Å². The number of thiophene rings is 1. The lowest BCUT2D eigenvalue weighted by molar-refractivity contribution is 0.629. The highest BCUT2D eigenvalue weighted by Crippen LogP contribution is 2.30. The fourth-order valence-corrected chi connectivity index (χ4v) is 4.39. The van der Waals surface area contributed by atoms with Crippen molar-refractivity contribution in [3.8, 4) is 11.1 Å². The van der Waals surface area contributed by atoms with E-state index in [1.807, 2.05) is 19.1 Å². The van der Waals surface area contributed by atoms with Gasteiger partial charge in [-0.25, -0.2) is 4.39 Å². The van der Waals surface area contributed by atoms with E-state index in [0.717, 1.165) is 11.3 Å². The summed E-state index contributed by atoms with van der Waals surface area (Å²) in [7, 11) is 0. The van der Waals surface area contributed by atoms with E-state index in [4.69, 9.17) is 11.6 Å². The van der Waals surface area contributed by atoms with Crippen LogP contribution in [0.1, 0.15) is 24.1 Å². The SMILES string of the molecule is Cc1cscc1-c1cccc(N[C@@H](C)c2cc3ccc(F)c(Cl)c3[nH]c2=O)c1. The van der Waals surface area contributed by atoms with E-state index in [9.17, 15) is 9.18 Å². The van der Waals surface area contributed by atoms with Crippen LogP contribution in [-0.2, 0) is 0 Å². The smallest absolute Gasteiger partial charge is 0.253 e. The van der Waals surface area contributed by atoms with Gasteiger partial charge in [0.15, 0.2) is 0 Å². The molecule has 0 saturated heterocycles. The molecule has 142 valence electrons. The molecule has 0 fully saturated rings. The number of anilines is 1. The van der Waals surface area contributed by atoms with Gasteiger partial charge in [0.1, 0.15) is 10.8 Å². The highest BCUT2D eigenvalue weighted by atomic mass is 35.5. The zero-order valence-electron chi connectivity index (χ0n) is 15.3. The molecule has 0 aliphatic carbocycles. The summed E-state index contributed by atoms with van der Waals surface area (Å²) in [4.78, 5) is 15.3. The summed E-state index contributed by atoms with van der Waals surface area (Å²) in [6.07, 6.45) is 0. The average molecular weight is 413 g/mol. The molecule has 0 amide bonds. The van der Waals surface area contributed by atoms with Crippen LogP contribution in [0.25, 0.3) is 22.0 Å². The largest absolute Gasteiger partial charge is 0.378 e. The van der Waals surface area contributed by atoms with Crippen molar-refractivity contribution < 1.29 is 4.39 Å². The first-order valence-electron chi connectivity index (χ1n) is 8.84. The van der Waals surface area contributed by atoms with Crippen LogP contribution in [0.3, 0.4) is 0 Å². The van der Waals surface area contributed by atoms with Crippen molar-refractivity contribution in [1.82, 2.24) is 4.98 Å². The first-order chi connectivity index (χ1) is 13.4. The van der Waals surface area contributed by atoms with E-state index in [1.54, 1.807) is 23.5 Å². The van der Waals surface area contributed by atoms with Crippen LogP contribution < -0.4 is 10.9 Å². The van der Waals surface area contributed by atoms with Gasteiger partial charge in [0, 0.05) is 16.6 Å². The van der Waals surface area contributed by atoms with E-state index < -0.39 is 5.82 Å². The van der Waals surface area contributed by atoms with Crippen LogP contribution in [-0.4, -0.2) is 4.98 Å². The van der Waals surface area contributed by atoms with Crippen molar-refractivity contribution in [2.45, 2.75) is 19.9 Å². The quantitative estimate of drug-likeness (QED) is 0.400. The third-order valence-electron chi connectivity index (χ3n) is 4.82. The molecule has 2 N–H and O–H groups in total. The lowest BCUT2D eigenvalue weighted by Crippen LogP contribution is -2.19. The number of hydrogen-bond acceptors (Lipinski definition) is 3. The van der Waals surface area contributed by atoms with Gasteiger partial charge in [-0.15, -0.1) is 0 Å². The molecule has 28 heavy (non-hydrogen) atoms. The maximum atomic E-state index is 13.6. The highest BCUT2D eigenvalue weighted by molar-refractivity contribution is 7.08. The minimum atomic E-state index is -0.552. The van der Waals surface area contributed by atoms with Gasteiger partial charge in [0.25, 0.3) is 5.56 Å². The van der Waals surface area contributed by atoms with Gasteiger partial charge in [-0.2, -0.15) is 11.3 Å². The molecule has 4 aromatic rings. The van der Waals surface area contributed by atoms with Crippen molar-refractivity contribution in [1.29, 1.82) is 0 Å². The lowest BCUT2D eigenvalue weighted by atomic mass is 10.0. The molecule has 0 saturated carbocycles. The number of H-pyrrole nitrogens is 1. The minimum absolute atomic E-state index is 0.0689. The summed E-state index contributed by atoms with van der Waals surface area (Å²) in [6.45, 7) is 4.02. The zero-order chi connectivity index (χ0) is 19.8. The maximum Gasteiger partial charge on any atom is 0.253 e. The van der Waals surface area contributed by atoms with Crippen molar-refractivity contribution in [2.75, 3.05) is 5.32 Å². The summed E-state index contributed by atoms with van der Waals surface area (Å²) in [5.41, 5.74) is 5.10. The summed E-state index contributed by atoms with van der Waals surface area (Å²) in [5, 5.41) is 8.27. The molecule has 0 aliphatic heterocycles. The van der Waals surface area contributed by atoms with Gasteiger partial charge in [-0.05, 0) is 71.6 Å². The van der Waals surface area contributed by atoms with Crippen molar-refractivity contribution in [2.24, 2.45) is 0 Å². The Balaban J connectivity index is 1.67. The molecule has 0 bridgehead atoms. The highest BCUT2D eigenvalue weighted by Gasteiger charge is 2.14. The summed E-state index contributed by atoms with van der Waals surface area (Å²) in [5.74, 6) is -0.552. The van der Waals surface area contributed by atoms with Gasteiger partial charge < -0.3 is 10.3 Å². The Hall–Kier alpha value is -2.63. The van der Waals surface area contributed by atoms with E-state index >= 15 is 0 Å². The molecule has 0 spiro atoms. The Morgan fingerprint density at radius 3 is 2.75 bits per heavy atom. The van der Waals surface area contributed by atoms with Crippen LogP contribution in [0.2, 0.25) is 5.02 Å². The van der Waals surface area contributed by atoms with Gasteiger partial charge in [-0.1, -0.05) is 23.7 Å². The van der Waals surface area contributed by atoms with E-state index in [-0.39, 0.29) is 16.6 Å². The zero-order valence-corrected chi connectivity index (χ0v) is 16.9. The third kappa shape index (κ3) is 3.43. The number of hydrogen-bond donors (Lipinski definition) is 2. The number of fused-ring (bicyclic) bond motifs is 1. The second kappa shape index (κ2) is 7.41. The molecule has 1 atom stereocenters. The Kier molecular flexibility index (Phi) is 4.96. The third-order valence-corrected chi connectivity index (χ3v) is 6.05. The Bertz CT molecular complexity index is 1230. The van der Waals surface area contributed by atoms with Crippen LogP contribution >= 0.6 is 22.9 Å². The number of pyridine rings is 1. The van der Waals surface area contributed by atoms with Gasteiger partial charge >= 0.3 is 0 Å². The first-order valence-corrected chi connectivity index (χ1v) is 10.2. The van der Waals surface area contributed by atoms with Crippen LogP contribution in [0, 0.1) is 12.7 Å². The standard InChI is InChI=1S/C22H18ClFN2OS/c1-12-10-28-11-18(12)14-4-3-5-16(8-14)25-13(2)17-9-15-6-7-19(24)20(23)21(15)26-22(17)27/h3-11,13,25H,1-2H3,(H,26,27)/t13-/m0/s1. The fraction of sp³-hybridized carbons (Fsp3) is 0.136. The van der Waals surface area contributed by atoms with Crippen molar-refractivity contribution in [3.63, 3.8) is 0 Å². The van der Waals surface area contributed by atoms with Crippen molar-refractivity contribution >= 4 is 39.5 Å². The number of halogens is 2. The number of aryl methyl sites for hydroxylation is 1.